The van der Waals surface area contributed by atoms with Crippen LogP contribution in [0.1, 0.15) is 37.1 Å². The molecule has 3 rings (SSSR count). The van der Waals surface area contributed by atoms with Crippen LogP contribution in [0, 0.1) is 5.92 Å². The van der Waals surface area contributed by atoms with Gasteiger partial charge in [-0.25, -0.2) is 0 Å². The Balaban J connectivity index is 1.51. The van der Waals surface area contributed by atoms with Gasteiger partial charge in [0, 0.05) is 37.6 Å². The first-order chi connectivity index (χ1) is 9.70. The average Bonchev–Trinajstić information content (AvgIpc) is 2.82. The predicted octanol–water partition coefficient (Wildman–Crippen LogP) is 2.89. The van der Waals surface area contributed by atoms with Crippen LogP contribution in [0.5, 0.6) is 5.06 Å². The number of nitrogens with one attached hydrogen (secondary N) is 1. The fourth-order valence-electron chi connectivity index (χ4n) is 3.17. The molecule has 20 heavy (non-hydrogen) atoms. The summed E-state index contributed by atoms with van der Waals surface area (Å²) < 4.78 is 6.23. The highest BCUT2D eigenvalue weighted by atomic mass is 32.1. The number of fused-ring (bicyclic) bond motifs is 1. The molecule has 0 aromatic carbocycles. The van der Waals surface area contributed by atoms with Crippen molar-refractivity contribution in [1.82, 2.24) is 10.2 Å². The molecule has 0 radical (unpaired) electrons. The molecule has 2 aliphatic heterocycles. The first-order valence-corrected chi connectivity index (χ1v) is 8.73. The highest BCUT2D eigenvalue weighted by Crippen LogP contribution is 2.33. The maximum Gasteiger partial charge on any atom is 0.174 e. The van der Waals surface area contributed by atoms with Crippen LogP contribution in [0.15, 0.2) is 6.07 Å². The van der Waals surface area contributed by atoms with Crippen molar-refractivity contribution in [3.05, 3.63) is 16.5 Å². The lowest BCUT2D eigenvalue weighted by Gasteiger charge is -2.32. The third kappa shape index (κ3) is 3.54. The van der Waals surface area contributed by atoms with Gasteiger partial charge in [-0.05, 0) is 36.8 Å². The van der Waals surface area contributed by atoms with E-state index in [0.717, 1.165) is 30.5 Å². The summed E-state index contributed by atoms with van der Waals surface area (Å²) in [5.74, 6) is 0.768. The molecule has 0 spiro atoms. The molecular weight excluding hydrogens is 268 g/mol. The van der Waals surface area contributed by atoms with E-state index in [1.165, 1.54) is 42.9 Å². The second-order valence-corrected chi connectivity index (χ2v) is 7.55. The van der Waals surface area contributed by atoms with Crippen LogP contribution in [-0.2, 0) is 13.0 Å². The molecule has 3 nitrogen and oxygen atoms in total. The summed E-state index contributed by atoms with van der Waals surface area (Å²) in [6.45, 7) is 10.3. The Morgan fingerprint density at radius 3 is 2.90 bits per heavy atom. The zero-order chi connectivity index (χ0) is 13.9. The van der Waals surface area contributed by atoms with Gasteiger partial charge in [-0.3, -0.25) is 0 Å². The van der Waals surface area contributed by atoms with E-state index < -0.39 is 0 Å². The van der Waals surface area contributed by atoms with Crippen LogP contribution in [0.3, 0.4) is 0 Å². The van der Waals surface area contributed by atoms with Gasteiger partial charge in [-0.1, -0.05) is 13.8 Å². The Kier molecular flexibility index (Phi) is 4.64. The topological polar surface area (TPSA) is 24.5 Å². The maximum atomic E-state index is 6.23. The minimum Gasteiger partial charge on any atom is -0.481 e. The molecular formula is C16H26N2OS. The van der Waals surface area contributed by atoms with E-state index in [0.29, 0.717) is 6.10 Å². The van der Waals surface area contributed by atoms with E-state index in [1.807, 2.05) is 11.3 Å². The predicted molar refractivity (Wildman–Crippen MR) is 84.7 cm³/mol. The highest BCUT2D eigenvalue weighted by molar-refractivity contribution is 7.14. The fraction of sp³-hybridized carbons (Fsp3) is 0.750. The number of hydrogen-bond acceptors (Lipinski definition) is 4. The molecule has 3 heterocycles. The van der Waals surface area contributed by atoms with Gasteiger partial charge in [0.2, 0.25) is 0 Å². The summed E-state index contributed by atoms with van der Waals surface area (Å²) >= 11 is 1.86. The zero-order valence-electron chi connectivity index (χ0n) is 12.7. The Bertz CT molecular complexity index is 412. The van der Waals surface area contributed by atoms with Crippen LogP contribution < -0.4 is 10.1 Å². The largest absolute Gasteiger partial charge is 0.481 e. The number of rotatable bonds is 4. The highest BCUT2D eigenvalue weighted by Gasteiger charge is 2.22. The first-order valence-electron chi connectivity index (χ1n) is 7.92. The van der Waals surface area contributed by atoms with E-state index in [9.17, 15) is 0 Å². The van der Waals surface area contributed by atoms with Gasteiger partial charge < -0.3 is 15.0 Å². The Morgan fingerprint density at radius 1 is 1.40 bits per heavy atom. The molecule has 1 aromatic heterocycles. The number of thiophene rings is 1. The number of piperidine rings is 1. The molecule has 0 saturated carbocycles. The molecule has 0 unspecified atom stereocenters. The van der Waals surface area contributed by atoms with Crippen LogP contribution >= 0.6 is 11.3 Å². The minimum atomic E-state index is 0.423. The van der Waals surface area contributed by atoms with Crippen molar-refractivity contribution in [2.75, 3.05) is 26.2 Å². The van der Waals surface area contributed by atoms with E-state index in [4.69, 9.17) is 4.74 Å². The van der Waals surface area contributed by atoms with Gasteiger partial charge in [0.25, 0.3) is 0 Å². The van der Waals surface area contributed by atoms with Crippen molar-refractivity contribution in [3.63, 3.8) is 0 Å². The number of ether oxygens (including phenoxy) is 1. The molecule has 2 aliphatic rings. The maximum absolute atomic E-state index is 6.23. The summed E-state index contributed by atoms with van der Waals surface area (Å²) in [5, 5.41) is 4.57. The van der Waals surface area contributed by atoms with E-state index >= 15 is 0 Å². The van der Waals surface area contributed by atoms with Crippen molar-refractivity contribution >= 4 is 11.3 Å². The molecule has 4 heteroatoms. The van der Waals surface area contributed by atoms with Gasteiger partial charge in [-0.2, -0.15) is 0 Å². The second kappa shape index (κ2) is 6.46. The van der Waals surface area contributed by atoms with Crippen LogP contribution in [0.25, 0.3) is 0 Å². The molecule has 1 saturated heterocycles. The van der Waals surface area contributed by atoms with Crippen LogP contribution in [-0.4, -0.2) is 37.2 Å². The van der Waals surface area contributed by atoms with Gasteiger partial charge in [0.05, 0.1) is 0 Å². The lowest BCUT2D eigenvalue weighted by Crippen LogP contribution is -2.39. The summed E-state index contributed by atoms with van der Waals surface area (Å²) in [4.78, 5) is 4.10. The minimum absolute atomic E-state index is 0.423. The fourth-order valence-corrected chi connectivity index (χ4v) is 4.27. The van der Waals surface area contributed by atoms with Gasteiger partial charge in [0.15, 0.2) is 5.06 Å². The normalized spacial score (nSPS) is 21.1. The quantitative estimate of drug-likeness (QED) is 0.924. The Morgan fingerprint density at radius 2 is 2.20 bits per heavy atom. The molecule has 0 bridgehead atoms. The third-order valence-electron chi connectivity index (χ3n) is 4.16. The Labute approximate surface area is 126 Å². The van der Waals surface area contributed by atoms with E-state index in [1.54, 1.807) is 0 Å². The molecule has 1 N–H and O–H groups in total. The first kappa shape index (κ1) is 14.4. The molecule has 0 amide bonds. The number of nitrogens with zero attached hydrogens (tertiary/aromatic N) is 1. The lowest BCUT2D eigenvalue weighted by atomic mass is 10.1. The van der Waals surface area contributed by atoms with Crippen molar-refractivity contribution in [2.45, 2.75) is 45.8 Å². The van der Waals surface area contributed by atoms with E-state index in [2.05, 4.69) is 30.1 Å². The van der Waals surface area contributed by atoms with Crippen LogP contribution in [0.4, 0.5) is 0 Å². The molecule has 112 valence electrons. The third-order valence-corrected chi connectivity index (χ3v) is 5.29. The molecule has 0 atom stereocenters. The van der Waals surface area contributed by atoms with Crippen molar-refractivity contribution < 1.29 is 4.74 Å². The lowest BCUT2D eigenvalue weighted by molar-refractivity contribution is 0.0969. The monoisotopic (exact) mass is 294 g/mol. The van der Waals surface area contributed by atoms with Crippen molar-refractivity contribution in [3.8, 4) is 5.06 Å². The zero-order valence-corrected chi connectivity index (χ0v) is 13.5. The van der Waals surface area contributed by atoms with Crippen molar-refractivity contribution in [2.24, 2.45) is 5.92 Å². The SMILES string of the molecule is CC(C)CN1CCC(Oc2cc3c(s2)CCNC3)CC1. The second-order valence-electron chi connectivity index (χ2n) is 6.45. The smallest absolute Gasteiger partial charge is 0.174 e. The van der Waals surface area contributed by atoms with Gasteiger partial charge in [-0.15, -0.1) is 11.3 Å². The van der Waals surface area contributed by atoms with Gasteiger partial charge in [0.1, 0.15) is 6.10 Å². The summed E-state index contributed by atoms with van der Waals surface area (Å²) in [7, 11) is 0. The summed E-state index contributed by atoms with van der Waals surface area (Å²) in [6, 6.07) is 2.26. The van der Waals surface area contributed by atoms with Gasteiger partial charge >= 0.3 is 0 Å². The molecule has 1 fully saturated rings. The standard InChI is InChI=1S/C16H26N2OS/c1-12(2)11-18-7-4-14(5-8-18)19-16-9-13-10-17-6-3-15(13)20-16/h9,12,14,17H,3-8,10-11H2,1-2H3. The Hall–Kier alpha value is -0.580. The number of hydrogen-bond donors (Lipinski definition) is 1. The number of likely N-dealkylation sites (tertiary alicyclic amines) is 1. The van der Waals surface area contributed by atoms with Crippen molar-refractivity contribution in [1.29, 1.82) is 0 Å². The molecule has 0 aliphatic carbocycles. The van der Waals surface area contributed by atoms with Crippen LogP contribution in [0.2, 0.25) is 0 Å². The van der Waals surface area contributed by atoms with E-state index in [-0.39, 0.29) is 0 Å². The molecule has 1 aromatic rings. The summed E-state index contributed by atoms with van der Waals surface area (Å²) in [5.41, 5.74) is 1.45. The summed E-state index contributed by atoms with van der Waals surface area (Å²) in [6.07, 6.45) is 3.93. The average molecular weight is 294 g/mol.